The second kappa shape index (κ2) is 9.29. The molecule has 0 fully saturated rings. The molecule has 1 N–H and O–H groups in total. The number of alkyl halides is 3. The predicted octanol–water partition coefficient (Wildman–Crippen LogP) is 4.95. The van der Waals surface area contributed by atoms with E-state index >= 15 is 0 Å². The number of benzene rings is 2. The highest BCUT2D eigenvalue weighted by molar-refractivity contribution is 5.92. The van der Waals surface area contributed by atoms with Crippen LogP contribution in [-0.2, 0) is 12.8 Å². The summed E-state index contributed by atoms with van der Waals surface area (Å²) < 4.78 is 49.5. The fourth-order valence-electron chi connectivity index (χ4n) is 2.72. The standard InChI is InChI=1S/C22H17F3N2O4/c1-30-20-10-14(5-7-18-17(21(28)29)11-26-13-27-18)6-8-19(20)31-12-15-3-2-4-16(9-15)22(23,24)25/h2-11,13H,12H2,1H3,(H,28,29). The van der Waals surface area contributed by atoms with E-state index < -0.39 is 17.7 Å². The van der Waals surface area contributed by atoms with Gasteiger partial charge in [-0.05, 0) is 41.5 Å². The molecule has 0 radical (unpaired) electrons. The largest absolute Gasteiger partial charge is 0.493 e. The molecule has 3 rings (SSSR count). The Bertz CT molecular complexity index is 1110. The van der Waals surface area contributed by atoms with Crippen LogP contribution in [0.5, 0.6) is 11.5 Å². The van der Waals surface area contributed by atoms with Gasteiger partial charge in [0.05, 0.1) is 18.4 Å². The molecule has 1 heterocycles. The number of carboxylic acid groups (broad SMARTS) is 1. The van der Waals surface area contributed by atoms with E-state index in [1.807, 2.05) is 0 Å². The Morgan fingerprint density at radius 2 is 1.94 bits per heavy atom. The first-order valence-electron chi connectivity index (χ1n) is 8.96. The van der Waals surface area contributed by atoms with Crippen LogP contribution in [0.4, 0.5) is 13.2 Å². The average molecular weight is 430 g/mol. The average Bonchev–Trinajstić information content (AvgIpc) is 2.76. The van der Waals surface area contributed by atoms with Crippen LogP contribution in [0.2, 0.25) is 0 Å². The molecule has 6 nitrogen and oxygen atoms in total. The van der Waals surface area contributed by atoms with E-state index in [0.29, 0.717) is 22.6 Å². The van der Waals surface area contributed by atoms with Gasteiger partial charge in [0.25, 0.3) is 0 Å². The Kier molecular flexibility index (Phi) is 6.54. The van der Waals surface area contributed by atoms with Gasteiger partial charge in [-0.25, -0.2) is 14.8 Å². The first-order valence-corrected chi connectivity index (χ1v) is 8.96. The molecular formula is C22H17F3N2O4. The number of hydrogen-bond donors (Lipinski definition) is 1. The number of aromatic carboxylic acids is 1. The summed E-state index contributed by atoms with van der Waals surface area (Å²) >= 11 is 0. The summed E-state index contributed by atoms with van der Waals surface area (Å²) in [4.78, 5) is 18.9. The van der Waals surface area contributed by atoms with Crippen molar-refractivity contribution in [3.05, 3.63) is 82.9 Å². The molecule has 0 atom stereocenters. The molecule has 0 saturated carbocycles. The Morgan fingerprint density at radius 3 is 2.65 bits per heavy atom. The van der Waals surface area contributed by atoms with Gasteiger partial charge < -0.3 is 14.6 Å². The summed E-state index contributed by atoms with van der Waals surface area (Å²) in [5.41, 5.74) is 0.508. The van der Waals surface area contributed by atoms with Gasteiger partial charge in [-0.15, -0.1) is 0 Å². The summed E-state index contributed by atoms with van der Waals surface area (Å²) in [5.74, 6) is -0.420. The predicted molar refractivity (Wildman–Crippen MR) is 107 cm³/mol. The van der Waals surface area contributed by atoms with Crippen LogP contribution in [0.15, 0.2) is 55.0 Å². The number of methoxy groups -OCH3 is 1. The van der Waals surface area contributed by atoms with Crippen LogP contribution in [0.3, 0.4) is 0 Å². The fourth-order valence-corrected chi connectivity index (χ4v) is 2.72. The van der Waals surface area contributed by atoms with Crippen LogP contribution in [0.1, 0.15) is 32.7 Å². The monoisotopic (exact) mass is 430 g/mol. The third-order valence-electron chi connectivity index (χ3n) is 4.24. The molecule has 1 aromatic heterocycles. The van der Waals surface area contributed by atoms with Crippen LogP contribution in [0.25, 0.3) is 12.2 Å². The van der Waals surface area contributed by atoms with Gasteiger partial charge in [-0.1, -0.05) is 24.3 Å². The SMILES string of the molecule is COc1cc(C=Cc2ncncc2C(=O)O)ccc1OCc1cccc(C(F)(F)F)c1. The smallest absolute Gasteiger partial charge is 0.416 e. The number of ether oxygens (including phenoxy) is 2. The molecular weight excluding hydrogens is 413 g/mol. The van der Waals surface area contributed by atoms with Crippen molar-refractivity contribution in [1.29, 1.82) is 0 Å². The molecule has 0 bridgehead atoms. The number of rotatable bonds is 7. The third kappa shape index (κ3) is 5.59. The van der Waals surface area contributed by atoms with E-state index in [2.05, 4.69) is 9.97 Å². The third-order valence-corrected chi connectivity index (χ3v) is 4.24. The topological polar surface area (TPSA) is 81.5 Å². The molecule has 0 aliphatic carbocycles. The van der Waals surface area contributed by atoms with E-state index in [0.717, 1.165) is 12.1 Å². The first-order chi connectivity index (χ1) is 14.8. The zero-order chi connectivity index (χ0) is 22.4. The summed E-state index contributed by atoms with van der Waals surface area (Å²) in [5, 5.41) is 9.18. The summed E-state index contributed by atoms with van der Waals surface area (Å²) in [6.45, 7) is -0.0711. The van der Waals surface area contributed by atoms with Gasteiger partial charge in [0, 0.05) is 6.20 Å². The number of aromatic nitrogens is 2. The van der Waals surface area contributed by atoms with E-state index in [1.54, 1.807) is 30.3 Å². The van der Waals surface area contributed by atoms with Gasteiger partial charge >= 0.3 is 12.1 Å². The zero-order valence-corrected chi connectivity index (χ0v) is 16.3. The van der Waals surface area contributed by atoms with Gasteiger partial charge in [0.1, 0.15) is 18.5 Å². The summed E-state index contributed by atoms with van der Waals surface area (Å²) in [7, 11) is 1.44. The van der Waals surface area contributed by atoms with E-state index in [1.165, 1.54) is 31.8 Å². The van der Waals surface area contributed by atoms with Crippen LogP contribution < -0.4 is 9.47 Å². The Hall–Kier alpha value is -3.88. The number of hydrogen-bond acceptors (Lipinski definition) is 5. The molecule has 0 aliphatic heterocycles. The molecule has 0 aliphatic rings. The van der Waals surface area contributed by atoms with Gasteiger partial charge in [0.15, 0.2) is 11.5 Å². The molecule has 31 heavy (non-hydrogen) atoms. The summed E-state index contributed by atoms with van der Waals surface area (Å²) in [6.07, 6.45) is 1.21. The normalized spacial score (nSPS) is 11.5. The second-order valence-electron chi connectivity index (χ2n) is 6.36. The quantitative estimate of drug-likeness (QED) is 0.571. The van der Waals surface area contributed by atoms with Crippen molar-refractivity contribution in [2.75, 3.05) is 7.11 Å². The number of nitrogens with zero attached hydrogens (tertiary/aromatic N) is 2. The molecule has 9 heteroatoms. The first kappa shape index (κ1) is 21.8. The zero-order valence-electron chi connectivity index (χ0n) is 16.3. The van der Waals surface area contributed by atoms with Gasteiger partial charge in [-0.3, -0.25) is 0 Å². The van der Waals surface area contributed by atoms with Gasteiger partial charge in [-0.2, -0.15) is 13.2 Å². The lowest BCUT2D eigenvalue weighted by Gasteiger charge is -2.13. The minimum absolute atomic E-state index is 0.0354. The minimum atomic E-state index is -4.42. The molecule has 2 aromatic carbocycles. The van der Waals surface area contributed by atoms with Crippen molar-refractivity contribution in [2.24, 2.45) is 0 Å². The lowest BCUT2D eigenvalue weighted by Crippen LogP contribution is -2.06. The Morgan fingerprint density at radius 1 is 1.13 bits per heavy atom. The van der Waals surface area contributed by atoms with Crippen LogP contribution in [-0.4, -0.2) is 28.2 Å². The van der Waals surface area contributed by atoms with E-state index in [9.17, 15) is 23.1 Å². The maximum Gasteiger partial charge on any atom is 0.416 e. The van der Waals surface area contributed by atoms with Crippen LogP contribution in [0, 0.1) is 0 Å². The molecule has 3 aromatic rings. The highest BCUT2D eigenvalue weighted by Gasteiger charge is 2.30. The minimum Gasteiger partial charge on any atom is -0.493 e. The van der Waals surface area contributed by atoms with Crippen LogP contribution >= 0.6 is 0 Å². The van der Waals surface area contributed by atoms with Crippen molar-refractivity contribution in [2.45, 2.75) is 12.8 Å². The summed E-state index contributed by atoms with van der Waals surface area (Å²) in [6, 6.07) is 9.86. The molecule has 0 amide bonds. The lowest BCUT2D eigenvalue weighted by molar-refractivity contribution is -0.137. The maximum absolute atomic E-state index is 12.9. The molecule has 160 valence electrons. The van der Waals surface area contributed by atoms with E-state index in [-0.39, 0.29) is 17.9 Å². The van der Waals surface area contributed by atoms with Crippen molar-refractivity contribution in [3.8, 4) is 11.5 Å². The fraction of sp³-hybridized carbons (Fsp3) is 0.136. The Labute approximate surface area is 175 Å². The highest BCUT2D eigenvalue weighted by atomic mass is 19.4. The molecule has 0 spiro atoms. The highest BCUT2D eigenvalue weighted by Crippen LogP contribution is 2.32. The van der Waals surface area contributed by atoms with Crippen molar-refractivity contribution in [3.63, 3.8) is 0 Å². The van der Waals surface area contributed by atoms with Crippen molar-refractivity contribution < 1.29 is 32.5 Å². The van der Waals surface area contributed by atoms with Gasteiger partial charge in [0.2, 0.25) is 0 Å². The molecule has 0 saturated heterocycles. The number of carbonyl (C=O) groups is 1. The number of halogens is 3. The van der Waals surface area contributed by atoms with E-state index in [4.69, 9.17) is 9.47 Å². The Balaban J connectivity index is 1.76. The molecule has 0 unspecified atom stereocenters. The number of carboxylic acids is 1. The maximum atomic E-state index is 12.9. The lowest BCUT2D eigenvalue weighted by atomic mass is 10.1. The second-order valence-corrected chi connectivity index (χ2v) is 6.36. The van der Waals surface area contributed by atoms with Crippen molar-refractivity contribution in [1.82, 2.24) is 9.97 Å². The van der Waals surface area contributed by atoms with Crippen molar-refractivity contribution >= 4 is 18.1 Å².